The van der Waals surface area contributed by atoms with E-state index in [2.05, 4.69) is 15.6 Å². The molecule has 1 fully saturated rings. The van der Waals surface area contributed by atoms with Gasteiger partial charge < -0.3 is 15.4 Å². The average molecular weight is 485 g/mol. The summed E-state index contributed by atoms with van der Waals surface area (Å²) in [6, 6.07) is 5.54. The molecule has 2 rings (SSSR count). The van der Waals surface area contributed by atoms with Gasteiger partial charge in [0.05, 0.1) is 11.7 Å². The van der Waals surface area contributed by atoms with Crippen molar-refractivity contribution in [1.29, 1.82) is 0 Å². The quantitative estimate of drug-likeness (QED) is 0.362. The molecule has 2 atom stereocenters. The van der Waals surface area contributed by atoms with Gasteiger partial charge >= 0.3 is 6.18 Å². The van der Waals surface area contributed by atoms with Crippen molar-refractivity contribution in [3.8, 4) is 0 Å². The summed E-state index contributed by atoms with van der Waals surface area (Å²) in [5.41, 5.74) is 0.0952. The summed E-state index contributed by atoms with van der Waals surface area (Å²) in [5, 5.41) is 6.42. The Labute approximate surface area is 170 Å². The minimum atomic E-state index is -4.30. The van der Waals surface area contributed by atoms with Crippen molar-refractivity contribution in [3.05, 3.63) is 35.4 Å². The Morgan fingerprint density at radius 1 is 1.35 bits per heavy atom. The highest BCUT2D eigenvalue weighted by atomic mass is 127. The standard InChI is InChI=1S/C18H26F3N3O.HI/c1-13(14-5-3-6-15(11-14)18(19,20)21)8-9-23-17(22-2)24-12-16-7-4-10-25-16;/h3,5-6,11,13,16H,4,7-10,12H2,1-2H3,(H2,22,23,24);1H. The zero-order chi connectivity index (χ0) is 18.3. The molecular formula is C18H27F3IN3O. The summed E-state index contributed by atoms with van der Waals surface area (Å²) >= 11 is 0. The highest BCUT2D eigenvalue weighted by Crippen LogP contribution is 2.31. The van der Waals surface area contributed by atoms with E-state index < -0.39 is 11.7 Å². The van der Waals surface area contributed by atoms with Gasteiger partial charge in [0.25, 0.3) is 0 Å². The number of alkyl halides is 3. The lowest BCUT2D eigenvalue weighted by Gasteiger charge is -2.17. The van der Waals surface area contributed by atoms with E-state index in [1.807, 2.05) is 6.92 Å². The third-order valence-corrected chi connectivity index (χ3v) is 4.40. The molecule has 1 aliphatic rings. The van der Waals surface area contributed by atoms with Crippen LogP contribution >= 0.6 is 24.0 Å². The summed E-state index contributed by atoms with van der Waals surface area (Å²) in [6.07, 6.45) is -1.23. The van der Waals surface area contributed by atoms with Crippen LogP contribution in [0, 0.1) is 0 Å². The van der Waals surface area contributed by atoms with Gasteiger partial charge in [0.1, 0.15) is 0 Å². The fourth-order valence-electron chi connectivity index (χ4n) is 2.83. The van der Waals surface area contributed by atoms with Gasteiger partial charge in [-0.3, -0.25) is 4.99 Å². The van der Waals surface area contributed by atoms with Gasteiger partial charge in [0.2, 0.25) is 0 Å². The second-order valence-electron chi connectivity index (χ2n) is 6.33. The number of ether oxygens (including phenoxy) is 1. The summed E-state index contributed by atoms with van der Waals surface area (Å²) in [6.45, 7) is 4.08. The van der Waals surface area contributed by atoms with Gasteiger partial charge in [0, 0.05) is 26.7 Å². The van der Waals surface area contributed by atoms with Crippen LogP contribution in [0.3, 0.4) is 0 Å². The number of hydrogen-bond acceptors (Lipinski definition) is 2. The van der Waals surface area contributed by atoms with Crippen LogP contribution in [0.4, 0.5) is 13.2 Å². The van der Waals surface area contributed by atoms with Gasteiger partial charge in [-0.25, -0.2) is 0 Å². The Kier molecular flexibility index (Phi) is 9.70. The van der Waals surface area contributed by atoms with Crippen molar-refractivity contribution >= 4 is 29.9 Å². The van der Waals surface area contributed by atoms with Gasteiger partial charge in [-0.2, -0.15) is 13.2 Å². The number of nitrogens with one attached hydrogen (secondary N) is 2. The second-order valence-corrected chi connectivity index (χ2v) is 6.33. The average Bonchev–Trinajstić information content (AvgIpc) is 3.10. The third kappa shape index (κ3) is 7.30. The molecule has 8 heteroatoms. The number of rotatable bonds is 6. The Morgan fingerprint density at radius 3 is 2.73 bits per heavy atom. The van der Waals surface area contributed by atoms with Crippen molar-refractivity contribution in [2.75, 3.05) is 26.7 Å². The number of benzene rings is 1. The molecule has 1 aliphatic heterocycles. The van der Waals surface area contributed by atoms with Crippen molar-refractivity contribution in [2.24, 2.45) is 4.99 Å². The molecule has 1 aromatic carbocycles. The largest absolute Gasteiger partial charge is 0.416 e. The second kappa shape index (κ2) is 11.0. The monoisotopic (exact) mass is 485 g/mol. The van der Waals surface area contributed by atoms with Crippen LogP contribution in [-0.4, -0.2) is 38.8 Å². The van der Waals surface area contributed by atoms with Crippen molar-refractivity contribution < 1.29 is 17.9 Å². The minimum absolute atomic E-state index is 0. The molecule has 0 bridgehead atoms. The maximum Gasteiger partial charge on any atom is 0.416 e. The Morgan fingerprint density at radius 2 is 2.12 bits per heavy atom. The first kappa shape index (κ1) is 23.0. The Hall–Kier alpha value is -1.03. The number of hydrogen-bond donors (Lipinski definition) is 2. The number of nitrogens with zero attached hydrogens (tertiary/aromatic N) is 1. The van der Waals surface area contributed by atoms with E-state index >= 15 is 0 Å². The molecule has 2 unspecified atom stereocenters. The SMILES string of the molecule is CN=C(NCCC(C)c1cccc(C(F)(F)F)c1)NCC1CCCO1.I. The van der Waals surface area contributed by atoms with Gasteiger partial charge in [-0.1, -0.05) is 25.1 Å². The van der Waals surface area contributed by atoms with Gasteiger partial charge in [-0.05, 0) is 36.8 Å². The topological polar surface area (TPSA) is 45.7 Å². The normalized spacial score (nSPS) is 19.0. The van der Waals surface area contributed by atoms with Crippen molar-refractivity contribution in [1.82, 2.24) is 10.6 Å². The van der Waals surface area contributed by atoms with E-state index in [0.29, 0.717) is 31.0 Å². The zero-order valence-electron chi connectivity index (χ0n) is 15.1. The molecule has 1 heterocycles. The van der Waals surface area contributed by atoms with E-state index in [1.165, 1.54) is 12.1 Å². The fourth-order valence-corrected chi connectivity index (χ4v) is 2.83. The summed E-state index contributed by atoms with van der Waals surface area (Å²) in [4.78, 5) is 4.16. The lowest BCUT2D eigenvalue weighted by atomic mass is 9.96. The van der Waals surface area contributed by atoms with Gasteiger partial charge in [-0.15, -0.1) is 24.0 Å². The zero-order valence-corrected chi connectivity index (χ0v) is 17.4. The number of halogens is 4. The minimum Gasteiger partial charge on any atom is -0.376 e. The van der Waals surface area contributed by atoms with Crippen LogP contribution in [0.2, 0.25) is 0 Å². The molecule has 0 amide bonds. The van der Waals surface area contributed by atoms with E-state index in [4.69, 9.17) is 4.74 Å². The predicted octanol–water partition coefficient (Wildman–Crippen LogP) is 4.16. The van der Waals surface area contributed by atoms with Crippen molar-refractivity contribution in [3.63, 3.8) is 0 Å². The van der Waals surface area contributed by atoms with E-state index in [1.54, 1.807) is 13.1 Å². The van der Waals surface area contributed by atoms with Crippen LogP contribution in [0.25, 0.3) is 0 Å². The maximum atomic E-state index is 12.8. The molecule has 26 heavy (non-hydrogen) atoms. The van der Waals surface area contributed by atoms with Crippen LogP contribution in [0.1, 0.15) is 43.2 Å². The molecule has 0 radical (unpaired) electrons. The first-order chi connectivity index (χ1) is 11.9. The highest BCUT2D eigenvalue weighted by molar-refractivity contribution is 14.0. The van der Waals surface area contributed by atoms with E-state index in [-0.39, 0.29) is 36.0 Å². The molecule has 0 spiro atoms. The van der Waals surface area contributed by atoms with E-state index in [9.17, 15) is 13.2 Å². The molecular weight excluding hydrogens is 458 g/mol. The molecule has 0 aromatic heterocycles. The molecule has 0 aliphatic carbocycles. The van der Waals surface area contributed by atoms with Crippen LogP contribution in [0.5, 0.6) is 0 Å². The number of guanidine groups is 1. The predicted molar refractivity (Wildman–Crippen MR) is 108 cm³/mol. The molecule has 2 N–H and O–H groups in total. The number of aliphatic imine (C=N–C) groups is 1. The van der Waals surface area contributed by atoms with Gasteiger partial charge in [0.15, 0.2) is 5.96 Å². The Bertz CT molecular complexity index is 575. The lowest BCUT2D eigenvalue weighted by molar-refractivity contribution is -0.137. The maximum absolute atomic E-state index is 12.8. The van der Waals surface area contributed by atoms with Crippen LogP contribution < -0.4 is 10.6 Å². The lowest BCUT2D eigenvalue weighted by Crippen LogP contribution is -2.41. The fraction of sp³-hybridized carbons (Fsp3) is 0.611. The van der Waals surface area contributed by atoms with Crippen LogP contribution in [-0.2, 0) is 10.9 Å². The summed E-state index contributed by atoms with van der Waals surface area (Å²) in [7, 11) is 1.70. The molecule has 0 saturated carbocycles. The summed E-state index contributed by atoms with van der Waals surface area (Å²) in [5.74, 6) is 0.706. The molecule has 1 saturated heterocycles. The summed E-state index contributed by atoms with van der Waals surface area (Å²) < 4.78 is 44.0. The highest BCUT2D eigenvalue weighted by Gasteiger charge is 2.30. The van der Waals surface area contributed by atoms with Crippen LogP contribution in [0.15, 0.2) is 29.3 Å². The van der Waals surface area contributed by atoms with E-state index in [0.717, 1.165) is 25.5 Å². The smallest absolute Gasteiger partial charge is 0.376 e. The first-order valence-corrected chi connectivity index (χ1v) is 8.63. The Balaban J connectivity index is 0.00000338. The molecule has 4 nitrogen and oxygen atoms in total. The molecule has 148 valence electrons. The molecule has 1 aromatic rings. The van der Waals surface area contributed by atoms with Crippen molar-refractivity contribution in [2.45, 2.75) is 44.4 Å². The first-order valence-electron chi connectivity index (χ1n) is 8.63. The third-order valence-electron chi connectivity index (χ3n) is 4.40.